The number of methoxy groups -OCH3 is 1. The minimum Gasteiger partial charge on any atom is -0.550 e. The second-order valence-electron chi connectivity index (χ2n) is 5.56. The minimum absolute atomic E-state index is 0.159. The predicted molar refractivity (Wildman–Crippen MR) is 76.6 cm³/mol. The Morgan fingerprint density at radius 3 is 2.38 bits per heavy atom. The first-order chi connectivity index (χ1) is 9.64. The van der Waals surface area contributed by atoms with Gasteiger partial charge in [0, 0.05) is 18.0 Å². The number of benzene rings is 1. The Morgan fingerprint density at radius 1 is 1.29 bits per heavy atom. The standard InChI is InChI=1S/C16H20O5/c1-10(15(19)21-16(2,3)4)11-6-7-13(20-5)12(8-11)9-14(17)18/h6-8H,1,9H2,2-5H3,(H,17,18)/p-1. The van der Waals surface area contributed by atoms with Crippen molar-refractivity contribution in [3.63, 3.8) is 0 Å². The van der Waals surface area contributed by atoms with Gasteiger partial charge in [-0.3, -0.25) is 0 Å². The molecule has 1 rings (SSSR count). The Hall–Kier alpha value is -2.30. The van der Waals surface area contributed by atoms with E-state index in [-0.39, 0.29) is 12.0 Å². The van der Waals surface area contributed by atoms with Gasteiger partial charge in [-0.15, -0.1) is 0 Å². The predicted octanol–water partition coefficient (Wildman–Crippen LogP) is 1.34. The molecular formula is C16H19O5-. The third kappa shape index (κ3) is 4.95. The fraction of sp³-hybridized carbons (Fsp3) is 0.375. The smallest absolute Gasteiger partial charge is 0.338 e. The molecule has 1 aromatic carbocycles. The summed E-state index contributed by atoms with van der Waals surface area (Å²) in [5.74, 6) is -1.36. The summed E-state index contributed by atoms with van der Waals surface area (Å²) in [5.41, 5.74) is 0.438. The number of aliphatic carboxylic acids is 1. The molecule has 0 aliphatic rings. The normalized spacial score (nSPS) is 10.9. The maximum Gasteiger partial charge on any atom is 0.338 e. The molecule has 0 heterocycles. The Bertz CT molecular complexity index is 567. The minimum atomic E-state index is -1.23. The van der Waals surface area contributed by atoms with Crippen LogP contribution < -0.4 is 9.84 Å². The van der Waals surface area contributed by atoms with E-state index < -0.39 is 17.5 Å². The molecule has 0 unspecified atom stereocenters. The summed E-state index contributed by atoms with van der Waals surface area (Å²) in [6, 6.07) is 4.76. The SMILES string of the molecule is C=C(C(=O)OC(C)(C)C)c1ccc(OC)c(CC(=O)[O-])c1. The van der Waals surface area contributed by atoms with E-state index in [4.69, 9.17) is 9.47 Å². The van der Waals surface area contributed by atoms with Crippen molar-refractivity contribution >= 4 is 17.5 Å². The monoisotopic (exact) mass is 291 g/mol. The summed E-state index contributed by atoms with van der Waals surface area (Å²) in [5, 5.41) is 10.8. The van der Waals surface area contributed by atoms with Crippen LogP contribution in [-0.2, 0) is 20.7 Å². The fourth-order valence-electron chi connectivity index (χ4n) is 1.72. The molecule has 0 aliphatic carbocycles. The number of ether oxygens (including phenoxy) is 2. The average Bonchev–Trinajstić information content (AvgIpc) is 2.35. The van der Waals surface area contributed by atoms with E-state index in [2.05, 4.69) is 6.58 Å². The Labute approximate surface area is 124 Å². The number of hydrogen-bond donors (Lipinski definition) is 0. The first-order valence-electron chi connectivity index (χ1n) is 6.43. The summed E-state index contributed by atoms with van der Waals surface area (Å²) in [6.07, 6.45) is -0.307. The number of carboxylic acid groups (broad SMARTS) is 1. The number of carboxylic acids is 1. The van der Waals surface area contributed by atoms with Crippen LogP contribution >= 0.6 is 0 Å². The fourth-order valence-corrected chi connectivity index (χ4v) is 1.72. The van der Waals surface area contributed by atoms with Gasteiger partial charge >= 0.3 is 5.97 Å². The maximum absolute atomic E-state index is 12.0. The summed E-state index contributed by atoms with van der Waals surface area (Å²) >= 11 is 0. The van der Waals surface area contributed by atoms with E-state index in [0.717, 1.165) is 0 Å². The number of carbonyl (C=O) groups excluding carboxylic acids is 2. The summed E-state index contributed by atoms with van der Waals surface area (Å²) in [7, 11) is 1.44. The lowest BCUT2D eigenvalue weighted by Gasteiger charge is -2.20. The van der Waals surface area contributed by atoms with E-state index in [9.17, 15) is 14.7 Å². The van der Waals surface area contributed by atoms with Gasteiger partial charge in [0.1, 0.15) is 11.4 Å². The highest BCUT2D eigenvalue weighted by Gasteiger charge is 2.20. The van der Waals surface area contributed by atoms with Gasteiger partial charge in [0.2, 0.25) is 0 Å². The van der Waals surface area contributed by atoms with Gasteiger partial charge in [0.25, 0.3) is 0 Å². The molecule has 0 saturated carbocycles. The molecule has 0 bridgehead atoms. The zero-order valence-electron chi connectivity index (χ0n) is 12.7. The van der Waals surface area contributed by atoms with Crippen LogP contribution in [0.15, 0.2) is 24.8 Å². The Morgan fingerprint density at radius 2 is 1.90 bits per heavy atom. The molecule has 1 aromatic rings. The molecule has 0 spiro atoms. The molecular weight excluding hydrogens is 272 g/mol. The van der Waals surface area contributed by atoms with Crippen LogP contribution in [0, 0.1) is 0 Å². The summed E-state index contributed by atoms with van der Waals surface area (Å²) in [4.78, 5) is 22.7. The second-order valence-corrected chi connectivity index (χ2v) is 5.56. The van der Waals surface area contributed by atoms with Crippen LogP contribution in [0.4, 0.5) is 0 Å². The molecule has 0 N–H and O–H groups in total. The van der Waals surface area contributed by atoms with Crippen molar-refractivity contribution in [2.24, 2.45) is 0 Å². The van der Waals surface area contributed by atoms with Crippen molar-refractivity contribution in [3.05, 3.63) is 35.9 Å². The maximum atomic E-state index is 12.0. The quantitative estimate of drug-likeness (QED) is 0.604. The van der Waals surface area contributed by atoms with Crippen LogP contribution in [0.1, 0.15) is 31.9 Å². The van der Waals surface area contributed by atoms with E-state index in [0.29, 0.717) is 16.9 Å². The average molecular weight is 291 g/mol. The van der Waals surface area contributed by atoms with Gasteiger partial charge in [0.05, 0.1) is 12.7 Å². The molecule has 0 aliphatic heterocycles. The van der Waals surface area contributed by atoms with Crippen LogP contribution in [0.2, 0.25) is 0 Å². The Balaban J connectivity index is 3.05. The first kappa shape index (κ1) is 16.8. The van der Waals surface area contributed by atoms with Crippen molar-refractivity contribution < 1.29 is 24.2 Å². The van der Waals surface area contributed by atoms with E-state index >= 15 is 0 Å². The number of rotatable bonds is 5. The van der Waals surface area contributed by atoms with Crippen LogP contribution in [-0.4, -0.2) is 24.6 Å². The topological polar surface area (TPSA) is 75.7 Å². The lowest BCUT2D eigenvalue weighted by Crippen LogP contribution is -2.25. The summed E-state index contributed by atoms with van der Waals surface area (Å²) in [6.45, 7) is 8.98. The third-order valence-electron chi connectivity index (χ3n) is 2.61. The molecule has 0 atom stereocenters. The molecule has 5 heteroatoms. The van der Waals surface area contributed by atoms with Gasteiger partial charge in [-0.2, -0.15) is 0 Å². The highest BCUT2D eigenvalue weighted by Crippen LogP contribution is 2.25. The number of hydrogen-bond acceptors (Lipinski definition) is 5. The van der Waals surface area contributed by atoms with Gasteiger partial charge in [0.15, 0.2) is 0 Å². The van der Waals surface area contributed by atoms with Gasteiger partial charge < -0.3 is 19.4 Å². The largest absolute Gasteiger partial charge is 0.550 e. The molecule has 0 saturated heterocycles. The highest BCUT2D eigenvalue weighted by atomic mass is 16.6. The zero-order valence-corrected chi connectivity index (χ0v) is 12.7. The van der Waals surface area contributed by atoms with Crippen molar-refractivity contribution in [1.82, 2.24) is 0 Å². The zero-order chi connectivity index (χ0) is 16.2. The molecule has 114 valence electrons. The van der Waals surface area contributed by atoms with Crippen LogP contribution in [0.3, 0.4) is 0 Å². The molecule has 0 radical (unpaired) electrons. The summed E-state index contributed by atoms with van der Waals surface area (Å²) < 4.78 is 10.3. The Kier molecular flexibility index (Phi) is 5.13. The molecule has 5 nitrogen and oxygen atoms in total. The van der Waals surface area contributed by atoms with Crippen molar-refractivity contribution in [3.8, 4) is 5.75 Å². The van der Waals surface area contributed by atoms with E-state index in [1.54, 1.807) is 39.0 Å². The van der Waals surface area contributed by atoms with Crippen LogP contribution in [0.25, 0.3) is 5.57 Å². The van der Waals surface area contributed by atoms with Gasteiger partial charge in [-0.1, -0.05) is 12.6 Å². The molecule has 0 fully saturated rings. The second kappa shape index (κ2) is 6.43. The lowest BCUT2D eigenvalue weighted by atomic mass is 10.0. The highest BCUT2D eigenvalue weighted by molar-refractivity contribution is 6.15. The molecule has 0 aromatic heterocycles. The third-order valence-corrected chi connectivity index (χ3v) is 2.61. The van der Waals surface area contributed by atoms with E-state index in [1.807, 2.05) is 0 Å². The van der Waals surface area contributed by atoms with Crippen molar-refractivity contribution in [2.45, 2.75) is 32.8 Å². The van der Waals surface area contributed by atoms with E-state index in [1.165, 1.54) is 7.11 Å². The van der Waals surface area contributed by atoms with Gasteiger partial charge in [-0.05, 0) is 38.5 Å². The molecule has 21 heavy (non-hydrogen) atoms. The number of carbonyl (C=O) groups is 2. The lowest BCUT2D eigenvalue weighted by molar-refractivity contribution is -0.304. The van der Waals surface area contributed by atoms with Gasteiger partial charge in [-0.25, -0.2) is 4.79 Å². The molecule has 0 amide bonds. The van der Waals surface area contributed by atoms with Crippen molar-refractivity contribution in [1.29, 1.82) is 0 Å². The first-order valence-corrected chi connectivity index (χ1v) is 6.43. The van der Waals surface area contributed by atoms with Crippen LogP contribution in [0.5, 0.6) is 5.75 Å². The van der Waals surface area contributed by atoms with Crippen molar-refractivity contribution in [2.75, 3.05) is 7.11 Å². The number of esters is 1.